The maximum atomic E-state index is 12.3. The number of nitro groups is 1. The molecule has 0 aliphatic carbocycles. The molecule has 0 saturated carbocycles. The first kappa shape index (κ1) is 15.1. The fraction of sp³-hybridized carbons (Fsp3) is 0.143. The Hall–Kier alpha value is 0.111. The summed E-state index contributed by atoms with van der Waals surface area (Å²) in [5.41, 5.74) is -1.60. The van der Waals surface area contributed by atoms with Crippen LogP contribution in [0.25, 0.3) is 0 Å². The summed E-state index contributed by atoms with van der Waals surface area (Å²) in [6, 6.07) is 2.87. The van der Waals surface area contributed by atoms with E-state index in [1.54, 1.807) is 0 Å². The van der Waals surface area contributed by atoms with Gasteiger partial charge in [0.25, 0.3) is 0 Å². The summed E-state index contributed by atoms with van der Waals surface area (Å²) in [4.78, 5) is 9.32. The molecule has 0 radical (unpaired) electrons. The Bertz CT molecular complexity index is 383. The third kappa shape index (κ3) is 3.88. The van der Waals surface area contributed by atoms with Crippen molar-refractivity contribution in [3.05, 3.63) is 33.9 Å². The van der Waals surface area contributed by atoms with Crippen LogP contribution in [0.4, 0.5) is 18.6 Å². The van der Waals surface area contributed by atoms with Crippen molar-refractivity contribution in [2.45, 2.75) is 6.92 Å². The Kier molecular flexibility index (Phi) is 5.48. The molecule has 0 spiro atoms. The fourth-order valence-corrected chi connectivity index (χ4v) is 1.09. The average molecular weight is 243 g/mol. The number of benzene rings is 1. The van der Waals surface area contributed by atoms with E-state index in [1.165, 1.54) is 13.0 Å². The van der Waals surface area contributed by atoms with Crippen LogP contribution in [0.2, 0.25) is 0 Å². The van der Waals surface area contributed by atoms with Gasteiger partial charge in [-0.3, -0.25) is 10.1 Å². The molecule has 8 heteroatoms. The Morgan fingerprint density at radius 2 is 1.87 bits per heavy atom. The van der Waals surface area contributed by atoms with E-state index >= 15 is 0 Å². The summed E-state index contributed by atoms with van der Waals surface area (Å²) in [7, 11) is 0. The van der Waals surface area contributed by atoms with Gasteiger partial charge in [-0.05, 0) is 17.9 Å². The van der Waals surface area contributed by atoms with E-state index in [0.29, 0.717) is 5.56 Å². The minimum atomic E-state index is -5.32. The van der Waals surface area contributed by atoms with Gasteiger partial charge in [0.15, 0.2) is 0 Å². The van der Waals surface area contributed by atoms with Gasteiger partial charge in [0.2, 0.25) is 5.69 Å². The van der Waals surface area contributed by atoms with E-state index in [9.17, 15) is 23.1 Å². The summed E-state index contributed by atoms with van der Waals surface area (Å²) >= 11 is 0. The van der Waals surface area contributed by atoms with Crippen LogP contribution in [0.5, 0.6) is 0 Å². The van der Waals surface area contributed by atoms with Crippen molar-refractivity contribution >= 4 is 18.1 Å². The molecule has 0 unspecified atom stereocenters. The maximum Gasteiger partial charge on any atom is 1.00 e. The molecule has 0 N–H and O–H groups in total. The second-order valence-electron chi connectivity index (χ2n) is 2.89. The molecule has 1 aromatic carbocycles. The fourth-order valence-electron chi connectivity index (χ4n) is 1.09. The number of nitro benzene ring substituents is 1. The molecule has 0 aliphatic rings. The van der Waals surface area contributed by atoms with Crippen LogP contribution in [0, 0.1) is 17.0 Å². The van der Waals surface area contributed by atoms with Crippen LogP contribution >= 0.6 is 0 Å². The first-order valence-corrected chi connectivity index (χ1v) is 3.77. The van der Waals surface area contributed by atoms with Crippen molar-refractivity contribution in [3.8, 4) is 0 Å². The Morgan fingerprint density at radius 3 is 2.27 bits per heavy atom. The molecule has 15 heavy (non-hydrogen) atoms. The standard InChI is InChI=1S/C7H6BF3NO2.K/c1-5-2-3-6(8(9,10)11)7(4-5)12(13)14;/h2-4H,1H3;/q-1;+1. The van der Waals surface area contributed by atoms with Crippen molar-refractivity contribution in [1.82, 2.24) is 0 Å². The molecule has 0 aromatic heterocycles. The molecule has 0 bridgehead atoms. The number of rotatable bonds is 2. The topological polar surface area (TPSA) is 43.1 Å². The van der Waals surface area contributed by atoms with Crippen molar-refractivity contribution in [2.75, 3.05) is 0 Å². The van der Waals surface area contributed by atoms with Crippen LogP contribution in [0.15, 0.2) is 18.2 Å². The summed E-state index contributed by atoms with van der Waals surface area (Å²) < 4.78 is 36.9. The molecule has 0 saturated heterocycles. The number of halogens is 3. The molecule has 0 amide bonds. The molecule has 0 fully saturated rings. The molecular weight excluding hydrogens is 237 g/mol. The van der Waals surface area contributed by atoms with E-state index in [1.807, 2.05) is 0 Å². The van der Waals surface area contributed by atoms with Gasteiger partial charge in [-0.1, -0.05) is 12.1 Å². The quantitative estimate of drug-likeness (QED) is 0.378. The van der Waals surface area contributed by atoms with Gasteiger partial charge in [0.1, 0.15) is 0 Å². The summed E-state index contributed by atoms with van der Waals surface area (Å²) in [6.45, 7) is -3.82. The van der Waals surface area contributed by atoms with Gasteiger partial charge in [-0.2, -0.15) is 0 Å². The van der Waals surface area contributed by atoms with Gasteiger partial charge < -0.3 is 12.9 Å². The Labute approximate surface area is 127 Å². The van der Waals surface area contributed by atoms with Crippen LogP contribution in [0.1, 0.15) is 5.56 Å². The van der Waals surface area contributed by atoms with Gasteiger partial charge in [0.05, 0.1) is 4.92 Å². The molecule has 3 nitrogen and oxygen atoms in total. The van der Waals surface area contributed by atoms with Crippen molar-refractivity contribution in [1.29, 1.82) is 0 Å². The summed E-state index contributed by atoms with van der Waals surface area (Å²) in [6.07, 6.45) is 0. The van der Waals surface area contributed by atoms with E-state index < -0.39 is 23.1 Å². The maximum absolute atomic E-state index is 12.3. The first-order chi connectivity index (χ1) is 6.32. The molecule has 76 valence electrons. The van der Waals surface area contributed by atoms with Gasteiger partial charge in [-0.15, -0.1) is 0 Å². The van der Waals surface area contributed by atoms with E-state index in [-0.39, 0.29) is 51.4 Å². The van der Waals surface area contributed by atoms with Crippen LogP contribution < -0.4 is 56.8 Å². The van der Waals surface area contributed by atoms with Gasteiger partial charge in [0, 0.05) is 6.07 Å². The van der Waals surface area contributed by atoms with Gasteiger partial charge in [-0.25, -0.2) is 0 Å². The van der Waals surface area contributed by atoms with Crippen LogP contribution in [-0.2, 0) is 0 Å². The number of aryl methyl sites for hydroxylation is 1. The Morgan fingerprint density at radius 1 is 1.33 bits per heavy atom. The predicted octanol–water partition coefficient (Wildman–Crippen LogP) is -1.04. The second kappa shape index (κ2) is 5.44. The molecule has 0 atom stereocenters. The Balaban J connectivity index is 0.00000196. The second-order valence-corrected chi connectivity index (χ2v) is 2.89. The number of hydrogen-bond acceptors (Lipinski definition) is 2. The minimum absolute atomic E-state index is 0. The summed E-state index contributed by atoms with van der Waals surface area (Å²) in [5.74, 6) is 0. The number of hydrogen-bond donors (Lipinski definition) is 0. The average Bonchev–Trinajstić information content (AvgIpc) is 2.01. The normalized spacial score (nSPS) is 10.7. The smallest absolute Gasteiger partial charge is 0.445 e. The SMILES string of the molecule is Cc1ccc([B-](F)(F)F)c([N+](=O)[O-])c1.[K+]. The van der Waals surface area contributed by atoms with Gasteiger partial charge >= 0.3 is 58.4 Å². The molecular formula is C7H6BF3KNO2. The van der Waals surface area contributed by atoms with Crippen molar-refractivity contribution in [2.24, 2.45) is 0 Å². The summed E-state index contributed by atoms with van der Waals surface area (Å²) in [5, 5.41) is 10.3. The van der Waals surface area contributed by atoms with E-state index in [2.05, 4.69) is 0 Å². The molecule has 0 aliphatic heterocycles. The first-order valence-electron chi connectivity index (χ1n) is 3.77. The minimum Gasteiger partial charge on any atom is -0.445 e. The zero-order valence-electron chi connectivity index (χ0n) is 8.21. The van der Waals surface area contributed by atoms with E-state index in [0.717, 1.165) is 12.1 Å². The molecule has 1 rings (SSSR count). The zero-order chi connectivity index (χ0) is 10.9. The molecule has 0 heterocycles. The van der Waals surface area contributed by atoms with Crippen LogP contribution in [-0.4, -0.2) is 11.9 Å². The van der Waals surface area contributed by atoms with Crippen LogP contribution in [0.3, 0.4) is 0 Å². The third-order valence-corrected chi connectivity index (χ3v) is 1.74. The van der Waals surface area contributed by atoms with E-state index in [4.69, 9.17) is 0 Å². The number of nitrogens with zero attached hydrogens (tertiary/aromatic N) is 1. The monoisotopic (exact) mass is 243 g/mol. The predicted molar refractivity (Wildman–Crippen MR) is 46.5 cm³/mol. The zero-order valence-corrected chi connectivity index (χ0v) is 11.3. The molecule has 1 aromatic rings. The van der Waals surface area contributed by atoms with Crippen molar-refractivity contribution < 1.29 is 69.3 Å². The third-order valence-electron chi connectivity index (χ3n) is 1.74. The largest absolute Gasteiger partial charge is 1.00 e. The van der Waals surface area contributed by atoms with Crippen molar-refractivity contribution in [3.63, 3.8) is 0 Å².